The number of rotatable bonds is 3. The Hall–Kier alpha value is -1.90. The number of ketones is 1. The zero-order valence-corrected chi connectivity index (χ0v) is 14.9. The van der Waals surface area contributed by atoms with Gasteiger partial charge in [0.05, 0.1) is 0 Å². The van der Waals surface area contributed by atoms with Crippen LogP contribution in [-0.2, 0) is 16.4 Å². The molecule has 1 N–H and O–H groups in total. The number of thiazole rings is 1. The topological polar surface area (TPSA) is 80.5 Å². The van der Waals surface area contributed by atoms with E-state index in [-0.39, 0.29) is 21.9 Å². The van der Waals surface area contributed by atoms with Crippen LogP contribution < -0.4 is 4.72 Å². The molecular weight excluding hydrogens is 370 g/mol. The minimum Gasteiger partial charge on any atom is -0.294 e. The summed E-state index contributed by atoms with van der Waals surface area (Å²) in [6.07, 6.45) is 2.28. The average molecular weight is 382 g/mol. The van der Waals surface area contributed by atoms with Gasteiger partial charge in [0, 0.05) is 28.7 Å². The molecule has 0 amide bonds. The second kappa shape index (κ2) is 5.30. The van der Waals surface area contributed by atoms with E-state index < -0.39 is 10.0 Å². The smallest absolute Gasteiger partial charge is 0.281 e. The number of nitrogens with one attached hydrogen (secondary N) is 1. The third-order valence-electron chi connectivity index (χ3n) is 4.03. The standard InChI is InChI=1S/C15H12ClN3O3S2/c1-8-6-9-2-3-10(7-11(9)12(8)20)18-24(21,22)14-13(16)17-15-19(14)4-5-23-15/h2-5,7-8,18H,6H2,1H3. The fraction of sp³-hybridized carbons (Fsp3) is 0.200. The van der Waals surface area contributed by atoms with Crippen LogP contribution in [0.2, 0.25) is 5.15 Å². The van der Waals surface area contributed by atoms with Crippen molar-refractivity contribution in [2.24, 2.45) is 5.92 Å². The van der Waals surface area contributed by atoms with Crippen molar-refractivity contribution in [3.8, 4) is 0 Å². The van der Waals surface area contributed by atoms with Crippen LogP contribution in [0.1, 0.15) is 22.8 Å². The summed E-state index contributed by atoms with van der Waals surface area (Å²) in [7, 11) is -3.93. The van der Waals surface area contributed by atoms with Crippen molar-refractivity contribution in [3.63, 3.8) is 0 Å². The molecule has 0 aliphatic heterocycles. The Bertz CT molecular complexity index is 1080. The number of halogens is 1. The van der Waals surface area contributed by atoms with Gasteiger partial charge < -0.3 is 0 Å². The predicted octanol–water partition coefficient (Wildman–Crippen LogP) is 3.22. The van der Waals surface area contributed by atoms with Crippen LogP contribution in [-0.4, -0.2) is 23.6 Å². The molecule has 124 valence electrons. The first-order chi connectivity index (χ1) is 11.4. The van der Waals surface area contributed by atoms with Gasteiger partial charge in [-0.05, 0) is 24.1 Å². The molecule has 0 fully saturated rings. The number of aromatic nitrogens is 2. The lowest BCUT2D eigenvalue weighted by atomic mass is 10.1. The number of nitrogens with zero attached hydrogens (tertiary/aromatic N) is 2. The van der Waals surface area contributed by atoms with Crippen LogP contribution in [0.25, 0.3) is 4.96 Å². The summed E-state index contributed by atoms with van der Waals surface area (Å²) in [6, 6.07) is 5.02. The molecule has 3 aromatic rings. The summed E-state index contributed by atoms with van der Waals surface area (Å²) in [5, 5.41) is 1.54. The normalized spacial score (nSPS) is 17.4. The molecule has 9 heteroatoms. The Balaban J connectivity index is 1.74. The largest absolute Gasteiger partial charge is 0.294 e. The van der Waals surface area contributed by atoms with Gasteiger partial charge in [-0.3, -0.25) is 13.9 Å². The molecule has 0 radical (unpaired) electrons. The lowest BCUT2D eigenvalue weighted by Gasteiger charge is -2.09. The highest BCUT2D eigenvalue weighted by Crippen LogP contribution is 2.31. The Kier molecular flexibility index (Phi) is 3.45. The summed E-state index contributed by atoms with van der Waals surface area (Å²) in [5.74, 6) is -0.0322. The van der Waals surface area contributed by atoms with Gasteiger partial charge in [-0.2, -0.15) is 8.42 Å². The van der Waals surface area contributed by atoms with E-state index in [1.807, 2.05) is 6.92 Å². The number of fused-ring (bicyclic) bond motifs is 2. The number of imidazole rings is 1. The molecule has 1 aliphatic carbocycles. The van der Waals surface area contributed by atoms with E-state index in [0.717, 1.165) is 5.56 Å². The fourth-order valence-electron chi connectivity index (χ4n) is 2.92. The lowest BCUT2D eigenvalue weighted by molar-refractivity contribution is 0.0946. The highest BCUT2D eigenvalue weighted by atomic mass is 35.5. The van der Waals surface area contributed by atoms with E-state index in [9.17, 15) is 13.2 Å². The van der Waals surface area contributed by atoms with Crippen LogP contribution >= 0.6 is 22.9 Å². The number of anilines is 1. The molecular formula is C15H12ClN3O3S2. The van der Waals surface area contributed by atoms with Crippen LogP contribution in [0.5, 0.6) is 0 Å². The van der Waals surface area contributed by atoms with Crippen molar-refractivity contribution < 1.29 is 13.2 Å². The quantitative estimate of drug-likeness (QED) is 0.755. The maximum Gasteiger partial charge on any atom is 0.281 e. The molecule has 1 atom stereocenters. The average Bonchev–Trinajstić information content (AvgIpc) is 3.13. The van der Waals surface area contributed by atoms with Gasteiger partial charge in [0.1, 0.15) is 0 Å². The Morgan fingerprint density at radius 2 is 2.21 bits per heavy atom. The third kappa shape index (κ3) is 2.33. The molecule has 1 aromatic carbocycles. The molecule has 0 spiro atoms. The fourth-order valence-corrected chi connectivity index (χ4v) is 5.42. The van der Waals surface area contributed by atoms with Crippen molar-refractivity contribution in [1.82, 2.24) is 9.38 Å². The molecule has 1 unspecified atom stereocenters. The van der Waals surface area contributed by atoms with Gasteiger partial charge in [0.25, 0.3) is 10.0 Å². The van der Waals surface area contributed by atoms with Crippen molar-refractivity contribution in [3.05, 3.63) is 46.1 Å². The molecule has 6 nitrogen and oxygen atoms in total. The first-order valence-electron chi connectivity index (χ1n) is 7.18. The van der Waals surface area contributed by atoms with Gasteiger partial charge in [-0.15, -0.1) is 11.3 Å². The molecule has 4 rings (SSSR count). The number of hydrogen-bond donors (Lipinski definition) is 1. The third-order valence-corrected chi connectivity index (χ3v) is 6.57. The van der Waals surface area contributed by atoms with Gasteiger partial charge in [-0.1, -0.05) is 24.6 Å². The summed E-state index contributed by atoms with van der Waals surface area (Å²) in [5.41, 5.74) is 1.85. The van der Waals surface area contributed by atoms with Crippen molar-refractivity contribution >= 4 is 49.4 Å². The van der Waals surface area contributed by atoms with Gasteiger partial charge in [-0.25, -0.2) is 4.98 Å². The molecule has 2 aromatic heterocycles. The minimum atomic E-state index is -3.93. The summed E-state index contributed by atoms with van der Waals surface area (Å²) < 4.78 is 29.3. The minimum absolute atomic E-state index is 0.0358. The SMILES string of the molecule is CC1Cc2ccc(NS(=O)(=O)c3c(Cl)nc4sccn34)cc2C1=O. The molecule has 2 heterocycles. The zero-order chi connectivity index (χ0) is 17.1. The number of Topliss-reactive ketones (excluding diaryl/α,β-unsaturated/α-hetero) is 1. The number of sulfonamides is 1. The molecule has 24 heavy (non-hydrogen) atoms. The van der Waals surface area contributed by atoms with Gasteiger partial charge in [0.2, 0.25) is 0 Å². The van der Waals surface area contributed by atoms with Gasteiger partial charge in [0.15, 0.2) is 20.9 Å². The van der Waals surface area contributed by atoms with E-state index in [2.05, 4.69) is 9.71 Å². The number of carbonyl (C=O) groups is 1. The van der Waals surface area contributed by atoms with Crippen molar-refractivity contribution in [2.75, 3.05) is 4.72 Å². The number of benzene rings is 1. The van der Waals surface area contributed by atoms with Crippen LogP contribution in [0, 0.1) is 5.92 Å². The van der Waals surface area contributed by atoms with E-state index in [1.54, 1.807) is 29.8 Å². The molecule has 1 aliphatic rings. The molecule has 0 saturated carbocycles. The highest BCUT2D eigenvalue weighted by Gasteiger charge is 2.29. The molecule has 0 saturated heterocycles. The lowest BCUT2D eigenvalue weighted by Crippen LogP contribution is -2.15. The zero-order valence-electron chi connectivity index (χ0n) is 12.5. The van der Waals surface area contributed by atoms with Crippen LogP contribution in [0.4, 0.5) is 5.69 Å². The van der Waals surface area contributed by atoms with Gasteiger partial charge >= 0.3 is 0 Å². The molecule has 0 bridgehead atoms. The maximum atomic E-state index is 12.7. The Morgan fingerprint density at radius 3 is 3.00 bits per heavy atom. The van der Waals surface area contributed by atoms with E-state index >= 15 is 0 Å². The summed E-state index contributed by atoms with van der Waals surface area (Å²) in [6.45, 7) is 1.87. The summed E-state index contributed by atoms with van der Waals surface area (Å²) >= 11 is 7.29. The predicted molar refractivity (Wildman–Crippen MR) is 92.5 cm³/mol. The monoisotopic (exact) mass is 381 g/mol. The maximum absolute atomic E-state index is 12.7. The van der Waals surface area contributed by atoms with E-state index in [1.165, 1.54) is 15.7 Å². The number of carbonyl (C=O) groups excluding carboxylic acids is 1. The second-order valence-corrected chi connectivity index (χ2v) is 8.54. The second-order valence-electron chi connectivity index (χ2n) is 5.71. The van der Waals surface area contributed by atoms with Crippen LogP contribution in [0.3, 0.4) is 0 Å². The summed E-state index contributed by atoms with van der Waals surface area (Å²) in [4.78, 5) is 16.7. The van der Waals surface area contributed by atoms with E-state index in [0.29, 0.717) is 22.6 Å². The highest BCUT2D eigenvalue weighted by molar-refractivity contribution is 7.92. The Labute approximate surface area is 147 Å². The van der Waals surface area contributed by atoms with Crippen LogP contribution in [0.15, 0.2) is 34.8 Å². The van der Waals surface area contributed by atoms with Crippen molar-refractivity contribution in [1.29, 1.82) is 0 Å². The first-order valence-corrected chi connectivity index (χ1v) is 9.92. The van der Waals surface area contributed by atoms with Crippen molar-refractivity contribution in [2.45, 2.75) is 18.4 Å². The van der Waals surface area contributed by atoms with E-state index in [4.69, 9.17) is 11.6 Å². The first kappa shape index (κ1) is 15.6. The Morgan fingerprint density at radius 1 is 1.42 bits per heavy atom. The number of hydrogen-bond acceptors (Lipinski definition) is 5.